The summed E-state index contributed by atoms with van der Waals surface area (Å²) < 4.78 is 17.3. The Balaban J connectivity index is 0.000000191. The highest BCUT2D eigenvalue weighted by Gasteiger charge is 2.09. The normalized spacial score (nSPS) is 9.92. The molecule has 0 saturated carbocycles. The number of halogens is 3. The zero-order valence-corrected chi connectivity index (χ0v) is 56.1. The van der Waals surface area contributed by atoms with Gasteiger partial charge in [0, 0.05) is 119 Å². The third-order valence-electron chi connectivity index (χ3n) is 14.1. The highest BCUT2D eigenvalue weighted by molar-refractivity contribution is 9.08. The molecule has 13 aromatic rings. The number of rotatable bonds is 19. The Bertz CT molecular complexity index is 4330. The van der Waals surface area contributed by atoms with Gasteiger partial charge in [-0.3, -0.25) is 0 Å². The minimum atomic E-state index is -0.899. The van der Waals surface area contributed by atoms with Crippen molar-refractivity contribution in [2.75, 3.05) is 0 Å². The number of imidazole rings is 6. The van der Waals surface area contributed by atoms with E-state index in [-0.39, 0.29) is 44.0 Å². The van der Waals surface area contributed by atoms with E-state index in [9.17, 15) is 14.4 Å². The Labute approximate surface area is 587 Å². The van der Waals surface area contributed by atoms with Gasteiger partial charge in [0.05, 0.1) is 84.5 Å². The number of aromatic carboxylic acids is 2. The number of esters is 1. The van der Waals surface area contributed by atoms with Crippen LogP contribution in [0.4, 0.5) is 0 Å². The molecular weight excluding hydrogens is 1350 g/mol. The lowest BCUT2D eigenvalue weighted by atomic mass is 10.1. The summed E-state index contributed by atoms with van der Waals surface area (Å²) in [5.74, 6) is -2.12. The summed E-state index contributed by atoms with van der Waals surface area (Å²) in [6.45, 7) is 4.88. The molecule has 0 spiro atoms. The van der Waals surface area contributed by atoms with Gasteiger partial charge in [-0.2, -0.15) is 10.5 Å². The molecule has 7 aromatic carbocycles. The minimum Gasteiger partial charge on any atom is -0.478 e. The first-order chi connectivity index (χ1) is 46.9. The second-order valence-corrected chi connectivity index (χ2v) is 21.8. The van der Waals surface area contributed by atoms with Crippen LogP contribution in [0.5, 0.6) is 0 Å². The van der Waals surface area contributed by atoms with E-state index in [1.165, 1.54) is 22.3 Å². The van der Waals surface area contributed by atoms with Crippen molar-refractivity contribution >= 4 is 58.7 Å². The van der Waals surface area contributed by atoms with Crippen LogP contribution in [-0.4, -0.2) is 90.5 Å². The van der Waals surface area contributed by atoms with Crippen molar-refractivity contribution in [3.05, 3.63) is 360 Å². The summed E-state index contributed by atoms with van der Waals surface area (Å²) >= 11 is 3.32. The van der Waals surface area contributed by atoms with Crippen LogP contribution in [0, 0.1) is 22.7 Å². The smallest absolute Gasteiger partial charge is 0.338 e. The second kappa shape index (κ2) is 41.1. The third-order valence-corrected chi connectivity index (χ3v) is 14.7. The van der Waals surface area contributed by atoms with E-state index in [1.807, 2.05) is 198 Å². The summed E-state index contributed by atoms with van der Waals surface area (Å²) in [6.07, 6.45) is 32.4. The predicted molar refractivity (Wildman–Crippen MR) is 379 cm³/mol. The van der Waals surface area contributed by atoms with E-state index in [2.05, 4.69) is 58.0 Å². The van der Waals surface area contributed by atoms with Gasteiger partial charge in [0.25, 0.3) is 0 Å². The molecule has 0 aliphatic rings. The molecule has 0 aliphatic carbocycles. The maximum atomic E-state index is 12.3. The number of alkyl halides is 1. The lowest BCUT2D eigenvalue weighted by molar-refractivity contribution is 0.0472. The number of ether oxygens (including phenoxy) is 1. The van der Waals surface area contributed by atoms with E-state index in [4.69, 9.17) is 30.6 Å². The number of carbonyl (C=O) groups excluding carboxylic acids is 1. The fourth-order valence-corrected chi connectivity index (χ4v) is 9.25. The molecule has 0 aliphatic heterocycles. The Hall–Kier alpha value is -11.8. The molecule has 0 saturated heterocycles. The molecule has 6 aromatic heterocycles. The number of carbonyl (C=O) groups is 3. The van der Waals surface area contributed by atoms with E-state index >= 15 is 0 Å². The largest absolute Gasteiger partial charge is 0.478 e. The number of carboxylic acids is 2. The van der Waals surface area contributed by atoms with Gasteiger partial charge in [0.15, 0.2) is 0 Å². The van der Waals surface area contributed by atoms with Crippen LogP contribution in [-0.2, 0) is 62.5 Å². The Kier molecular flexibility index (Phi) is 31.6. The number of benzene rings is 7. The number of nitrogens with zero attached hydrogens (tertiary/aromatic N) is 14. The Morgan fingerprint density at radius 2 is 0.592 bits per heavy atom. The number of hydrogen-bond acceptors (Lipinski definition) is 13. The maximum absolute atomic E-state index is 12.3. The van der Waals surface area contributed by atoms with Crippen LogP contribution in [0.2, 0.25) is 0 Å². The number of aromatic nitrogens is 12. The van der Waals surface area contributed by atoms with E-state index in [1.54, 1.807) is 112 Å². The fraction of sp³-hybridized carbons (Fsp3) is 0.122. The van der Waals surface area contributed by atoms with Crippen molar-refractivity contribution in [3.63, 3.8) is 0 Å². The summed E-state index contributed by atoms with van der Waals surface area (Å²) in [7, 11) is 0. The van der Waals surface area contributed by atoms with Gasteiger partial charge in [-0.25, -0.2) is 44.3 Å². The fourth-order valence-electron chi connectivity index (χ4n) is 8.87. The molecule has 498 valence electrons. The van der Waals surface area contributed by atoms with Gasteiger partial charge in [-0.05, 0) is 111 Å². The summed E-state index contributed by atoms with van der Waals surface area (Å²) in [6, 6.07) is 56.3. The van der Waals surface area contributed by atoms with Crippen molar-refractivity contribution in [2.24, 2.45) is 0 Å². The highest BCUT2D eigenvalue weighted by Crippen LogP contribution is 2.14. The standard InChI is InChI=1S/C22H20N4O2.C11H9N3.2C11H10N2O2.C11H12N2O.C8H6BrN.2ClH/c27-22(21-7-5-19(6-8-21)14-26-12-10-24-17-26)28-15-20-3-1-18(2-4-20)13-25-11-9-23-16-25;12-7-10-1-3-11(4-2-10)8-14-6-5-13-9-14;2*14-11(15)10-3-1-9(2-4-10)7-13-6-5-12-8-13;14-8-11-3-1-10(2-4-11)7-13-6-5-12-9-13;9-5-7-1-3-8(6-10)4-2-7;;/h1-12,16-17H,13-15H2;1-6,9H,8H2;2*1-6,8H,7H2,(H,14,15);1-6,9,14H,7-8H2;1-4H,5H2;2*1H. The van der Waals surface area contributed by atoms with Gasteiger partial charge >= 0.3 is 17.9 Å². The zero-order valence-electron chi connectivity index (χ0n) is 52.9. The van der Waals surface area contributed by atoms with Crippen LogP contribution in [0.15, 0.2) is 282 Å². The first kappa shape index (κ1) is 75.2. The molecule has 98 heavy (non-hydrogen) atoms. The molecule has 24 heteroatoms. The number of hydrogen-bond donors (Lipinski definition) is 3. The van der Waals surface area contributed by atoms with Gasteiger partial charge in [-0.15, -0.1) is 24.8 Å². The SMILES string of the molecule is Cl.Cl.N#Cc1ccc(CBr)cc1.N#Cc1ccc(Cn2ccnc2)cc1.O=C(O)c1ccc(Cn2ccnc2)cc1.O=C(O)c1ccc(Cn2ccnc2)cc1.O=C(OCc1ccc(Cn2ccnc2)cc1)c1ccc(Cn2ccnc2)cc1.OCc1ccc(Cn2ccnc2)cc1. The van der Waals surface area contributed by atoms with Crippen LogP contribution < -0.4 is 0 Å². The van der Waals surface area contributed by atoms with Crippen molar-refractivity contribution in [1.29, 1.82) is 10.5 Å². The molecule has 0 bridgehead atoms. The lowest BCUT2D eigenvalue weighted by Gasteiger charge is -2.08. The van der Waals surface area contributed by atoms with E-state index < -0.39 is 11.9 Å². The number of carboxylic acid groups (broad SMARTS) is 2. The van der Waals surface area contributed by atoms with Gasteiger partial charge in [0.1, 0.15) is 6.61 Å². The number of nitriles is 2. The molecule has 0 fully saturated rings. The topological polar surface area (TPSA) is 276 Å². The van der Waals surface area contributed by atoms with Crippen molar-refractivity contribution < 1.29 is 34.4 Å². The second-order valence-electron chi connectivity index (χ2n) is 21.2. The Morgan fingerprint density at radius 1 is 0.357 bits per heavy atom. The van der Waals surface area contributed by atoms with Gasteiger partial charge in [-0.1, -0.05) is 125 Å². The van der Waals surface area contributed by atoms with Crippen molar-refractivity contribution in [1.82, 2.24) is 57.3 Å². The van der Waals surface area contributed by atoms with Crippen LogP contribution in [0.3, 0.4) is 0 Å². The quantitative estimate of drug-likeness (QED) is 0.0501. The molecular formula is C74H69BrCl2N14O7. The van der Waals surface area contributed by atoms with Gasteiger partial charge < -0.3 is 47.5 Å². The molecule has 3 N–H and O–H groups in total. The molecule has 0 radical (unpaired) electrons. The van der Waals surface area contributed by atoms with Crippen LogP contribution in [0.1, 0.15) is 92.3 Å². The lowest BCUT2D eigenvalue weighted by Crippen LogP contribution is -2.06. The van der Waals surface area contributed by atoms with Crippen LogP contribution >= 0.6 is 40.7 Å². The maximum Gasteiger partial charge on any atom is 0.338 e. The molecule has 0 amide bonds. The third kappa shape index (κ3) is 26.2. The monoisotopic (exact) mass is 1410 g/mol. The number of aliphatic hydroxyl groups is 1. The summed E-state index contributed by atoms with van der Waals surface area (Å²) in [5, 5.41) is 44.2. The van der Waals surface area contributed by atoms with E-state index in [0.29, 0.717) is 40.9 Å². The molecule has 13 rings (SSSR count). The first-order valence-corrected chi connectivity index (χ1v) is 31.0. The molecule has 21 nitrogen and oxygen atoms in total. The summed E-state index contributed by atoms with van der Waals surface area (Å²) in [4.78, 5) is 57.4. The first-order valence-electron chi connectivity index (χ1n) is 29.9. The molecule has 6 heterocycles. The van der Waals surface area contributed by atoms with E-state index in [0.717, 1.165) is 59.3 Å². The highest BCUT2D eigenvalue weighted by atomic mass is 79.9. The Morgan fingerprint density at radius 3 is 0.827 bits per heavy atom. The average molecular weight is 1420 g/mol. The molecule has 0 atom stereocenters. The zero-order chi connectivity index (χ0) is 67.5. The minimum absolute atomic E-state index is 0. The van der Waals surface area contributed by atoms with Gasteiger partial charge in [0.2, 0.25) is 0 Å². The predicted octanol–water partition coefficient (Wildman–Crippen LogP) is 13.3. The van der Waals surface area contributed by atoms with Crippen LogP contribution in [0.25, 0.3) is 0 Å². The molecule has 0 unspecified atom stereocenters. The average Bonchev–Trinajstić information content (AvgIpc) is 2.36. The number of aliphatic hydroxyl groups excluding tert-OH is 1. The summed E-state index contributed by atoms with van der Waals surface area (Å²) in [5.41, 5.74) is 12.4. The van der Waals surface area contributed by atoms with Crippen molar-refractivity contribution in [2.45, 2.75) is 57.8 Å². The van der Waals surface area contributed by atoms with Crippen molar-refractivity contribution in [3.8, 4) is 12.1 Å².